The minimum atomic E-state index is -0.630. The van der Waals surface area contributed by atoms with Crippen molar-refractivity contribution in [3.8, 4) is 0 Å². The number of hydroxylamine groups is 1. The third-order valence-corrected chi connectivity index (χ3v) is 3.73. The van der Waals surface area contributed by atoms with E-state index in [2.05, 4.69) is 10.3 Å². The largest absolute Gasteiger partial charge is 0.360 e. The molecule has 0 aliphatic rings. The van der Waals surface area contributed by atoms with Gasteiger partial charge in [-0.2, -0.15) is 0 Å². The van der Waals surface area contributed by atoms with Crippen LogP contribution in [0.25, 0.3) is 10.9 Å². The lowest BCUT2D eigenvalue weighted by atomic mass is 10.0. The zero-order valence-corrected chi connectivity index (χ0v) is 12.8. The Bertz CT molecular complexity index is 723. The highest BCUT2D eigenvalue weighted by Crippen LogP contribution is 2.18. The Morgan fingerprint density at radius 2 is 2.00 bits per heavy atom. The number of nitrogens with one attached hydrogen (secondary N) is 3. The molecule has 1 atom stereocenters. The minimum Gasteiger partial charge on any atom is -0.360 e. The molecular weight excluding hydrogens is 298 g/mol. The number of rotatable bonds is 7. The number of para-hydroxylation sites is 1. The number of H-pyrrole nitrogens is 1. The molecule has 0 unspecified atom stereocenters. The standard InChI is InChI=1S/C16H19N3O4/c1-2-10(7-15(21)19-23)16(22)18-9-14(20)12-8-17-13-6-4-3-5-11(12)13/h3-6,8,10,17,23H,2,7,9H2,1H3,(H,18,22)(H,19,21)/t10-/m1/s1. The van der Waals surface area contributed by atoms with Crippen LogP contribution in [0.5, 0.6) is 0 Å². The Balaban J connectivity index is 1.98. The fraction of sp³-hybridized carbons (Fsp3) is 0.312. The molecule has 4 N–H and O–H groups in total. The molecule has 1 aromatic heterocycles. The number of ketones is 1. The van der Waals surface area contributed by atoms with Crippen molar-refractivity contribution in [1.29, 1.82) is 0 Å². The molecule has 0 aliphatic heterocycles. The van der Waals surface area contributed by atoms with Crippen LogP contribution < -0.4 is 10.8 Å². The molecule has 2 amide bonds. The van der Waals surface area contributed by atoms with E-state index in [4.69, 9.17) is 5.21 Å². The Hall–Kier alpha value is -2.67. The smallest absolute Gasteiger partial charge is 0.244 e. The first kappa shape index (κ1) is 16.7. The van der Waals surface area contributed by atoms with E-state index in [9.17, 15) is 14.4 Å². The van der Waals surface area contributed by atoms with E-state index in [0.29, 0.717) is 12.0 Å². The van der Waals surface area contributed by atoms with Crippen LogP contribution in [0.2, 0.25) is 0 Å². The molecule has 0 spiro atoms. The number of hydrogen-bond donors (Lipinski definition) is 4. The summed E-state index contributed by atoms with van der Waals surface area (Å²) >= 11 is 0. The van der Waals surface area contributed by atoms with Crippen molar-refractivity contribution in [2.45, 2.75) is 19.8 Å². The number of carbonyl (C=O) groups is 3. The number of carbonyl (C=O) groups excluding carboxylic acids is 3. The summed E-state index contributed by atoms with van der Waals surface area (Å²) < 4.78 is 0. The molecule has 2 rings (SSSR count). The minimum absolute atomic E-state index is 0.125. The van der Waals surface area contributed by atoms with Crippen molar-refractivity contribution < 1.29 is 19.6 Å². The van der Waals surface area contributed by atoms with Crippen LogP contribution >= 0.6 is 0 Å². The highest BCUT2D eigenvalue weighted by atomic mass is 16.5. The van der Waals surface area contributed by atoms with E-state index < -0.39 is 11.8 Å². The fourth-order valence-electron chi connectivity index (χ4n) is 2.40. The van der Waals surface area contributed by atoms with Crippen molar-refractivity contribution in [2.24, 2.45) is 5.92 Å². The van der Waals surface area contributed by atoms with Crippen molar-refractivity contribution in [3.63, 3.8) is 0 Å². The lowest BCUT2D eigenvalue weighted by Crippen LogP contribution is -2.36. The van der Waals surface area contributed by atoms with Crippen LogP contribution in [-0.2, 0) is 9.59 Å². The van der Waals surface area contributed by atoms with Gasteiger partial charge >= 0.3 is 0 Å². The second-order valence-electron chi connectivity index (χ2n) is 5.23. The Morgan fingerprint density at radius 1 is 1.26 bits per heavy atom. The van der Waals surface area contributed by atoms with Gasteiger partial charge in [0.2, 0.25) is 11.8 Å². The molecule has 122 valence electrons. The Kier molecular flexibility index (Phi) is 5.48. The number of Topliss-reactive ketones (excluding diaryl/α,β-unsaturated/α-hetero) is 1. The van der Waals surface area contributed by atoms with Gasteiger partial charge in [-0.1, -0.05) is 25.1 Å². The van der Waals surface area contributed by atoms with E-state index in [0.717, 1.165) is 10.9 Å². The van der Waals surface area contributed by atoms with Crippen LogP contribution in [0.15, 0.2) is 30.5 Å². The fourth-order valence-corrected chi connectivity index (χ4v) is 2.40. The predicted octanol–water partition coefficient (Wildman–Crippen LogP) is 1.39. The van der Waals surface area contributed by atoms with E-state index in [-0.39, 0.29) is 24.7 Å². The van der Waals surface area contributed by atoms with Gasteiger partial charge in [0.05, 0.1) is 6.54 Å². The van der Waals surface area contributed by atoms with Gasteiger partial charge in [0.15, 0.2) is 5.78 Å². The Morgan fingerprint density at radius 3 is 2.70 bits per heavy atom. The summed E-state index contributed by atoms with van der Waals surface area (Å²) in [4.78, 5) is 38.4. The lowest BCUT2D eigenvalue weighted by molar-refractivity contribution is -0.134. The first-order valence-electron chi connectivity index (χ1n) is 7.36. The summed E-state index contributed by atoms with van der Waals surface area (Å²) in [6, 6.07) is 7.41. The van der Waals surface area contributed by atoms with Crippen molar-refractivity contribution >= 4 is 28.5 Å². The predicted molar refractivity (Wildman–Crippen MR) is 84.0 cm³/mol. The number of aromatic amines is 1. The molecular formula is C16H19N3O4. The summed E-state index contributed by atoms with van der Waals surface area (Å²) in [6.45, 7) is 1.62. The molecule has 0 aliphatic carbocycles. The van der Waals surface area contributed by atoms with Gasteiger partial charge in [-0.25, -0.2) is 5.48 Å². The molecule has 7 heteroatoms. The average molecular weight is 317 g/mol. The lowest BCUT2D eigenvalue weighted by Gasteiger charge is -2.13. The van der Waals surface area contributed by atoms with Crippen molar-refractivity contribution in [1.82, 2.24) is 15.8 Å². The molecule has 0 saturated heterocycles. The molecule has 0 radical (unpaired) electrons. The number of fused-ring (bicyclic) bond motifs is 1. The maximum absolute atomic E-state index is 12.3. The van der Waals surface area contributed by atoms with E-state index >= 15 is 0 Å². The topological polar surface area (TPSA) is 111 Å². The molecule has 2 aromatic rings. The maximum atomic E-state index is 12.3. The number of benzene rings is 1. The van der Waals surface area contributed by atoms with E-state index in [1.54, 1.807) is 13.1 Å². The van der Waals surface area contributed by atoms with E-state index in [1.807, 2.05) is 24.3 Å². The number of amides is 2. The molecule has 0 fully saturated rings. The van der Waals surface area contributed by atoms with Crippen LogP contribution in [0.1, 0.15) is 30.1 Å². The zero-order valence-electron chi connectivity index (χ0n) is 12.8. The quantitative estimate of drug-likeness (QED) is 0.351. The van der Waals surface area contributed by atoms with Crippen molar-refractivity contribution in [3.05, 3.63) is 36.0 Å². The summed E-state index contributed by atoms with van der Waals surface area (Å²) in [7, 11) is 0. The molecule has 7 nitrogen and oxygen atoms in total. The second-order valence-corrected chi connectivity index (χ2v) is 5.23. The summed E-state index contributed by atoms with van der Waals surface area (Å²) in [5, 5.41) is 11.9. The van der Waals surface area contributed by atoms with Crippen LogP contribution in [0, 0.1) is 5.92 Å². The molecule has 0 saturated carbocycles. The molecule has 1 aromatic carbocycles. The first-order valence-corrected chi connectivity index (χ1v) is 7.36. The van der Waals surface area contributed by atoms with E-state index in [1.165, 1.54) is 5.48 Å². The molecule has 0 bridgehead atoms. The van der Waals surface area contributed by atoms with Gasteiger partial charge in [-0.05, 0) is 12.5 Å². The molecule has 1 heterocycles. The maximum Gasteiger partial charge on any atom is 0.244 e. The van der Waals surface area contributed by atoms with Gasteiger partial charge in [-0.3, -0.25) is 19.6 Å². The molecule has 23 heavy (non-hydrogen) atoms. The first-order chi connectivity index (χ1) is 11.1. The van der Waals surface area contributed by atoms with Gasteiger partial charge in [0.1, 0.15) is 0 Å². The normalized spacial score (nSPS) is 11.9. The highest BCUT2D eigenvalue weighted by molar-refractivity contribution is 6.09. The monoisotopic (exact) mass is 317 g/mol. The number of hydrogen-bond acceptors (Lipinski definition) is 4. The summed E-state index contributed by atoms with van der Waals surface area (Å²) in [5.41, 5.74) is 2.87. The zero-order chi connectivity index (χ0) is 16.8. The van der Waals surface area contributed by atoms with Crippen LogP contribution in [0.4, 0.5) is 0 Å². The van der Waals surface area contributed by atoms with Gasteiger partial charge < -0.3 is 10.3 Å². The third-order valence-electron chi connectivity index (χ3n) is 3.73. The van der Waals surface area contributed by atoms with Gasteiger partial charge in [0.25, 0.3) is 0 Å². The van der Waals surface area contributed by atoms with Crippen molar-refractivity contribution in [2.75, 3.05) is 6.54 Å². The van der Waals surface area contributed by atoms with Gasteiger partial charge in [-0.15, -0.1) is 0 Å². The number of aromatic nitrogens is 1. The highest BCUT2D eigenvalue weighted by Gasteiger charge is 2.21. The summed E-state index contributed by atoms with van der Waals surface area (Å²) in [5.74, 6) is -1.81. The second kappa shape index (κ2) is 7.55. The van der Waals surface area contributed by atoms with Crippen LogP contribution in [0.3, 0.4) is 0 Å². The third kappa shape index (κ3) is 3.95. The van der Waals surface area contributed by atoms with Gasteiger partial charge in [0, 0.05) is 35.0 Å². The van der Waals surface area contributed by atoms with Crippen LogP contribution in [-0.4, -0.2) is 34.3 Å². The SMILES string of the molecule is CC[C@H](CC(=O)NO)C(=O)NCC(=O)c1c[nH]c2ccccc12. The summed E-state index contributed by atoms with van der Waals surface area (Å²) in [6.07, 6.45) is 1.93. The average Bonchev–Trinajstić information content (AvgIpc) is 3.01. The Labute approximate surface area is 133 Å².